The van der Waals surface area contributed by atoms with Crippen LogP contribution in [0.5, 0.6) is 0 Å². The average molecular weight is 516 g/mol. The monoisotopic (exact) mass is 515 g/mol. The summed E-state index contributed by atoms with van der Waals surface area (Å²) in [6.07, 6.45) is 10.0. The van der Waals surface area contributed by atoms with Crippen LogP contribution in [-0.2, 0) is 10.2 Å². The summed E-state index contributed by atoms with van der Waals surface area (Å²) in [4.78, 5) is 32.5. The molecule has 1 aliphatic heterocycles. The lowest BCUT2D eigenvalue weighted by Gasteiger charge is -2.37. The van der Waals surface area contributed by atoms with Crippen LogP contribution in [-0.4, -0.2) is 47.2 Å². The Hall–Kier alpha value is -4.08. The molecule has 196 valence electrons. The van der Waals surface area contributed by atoms with Gasteiger partial charge in [-0.2, -0.15) is 0 Å². The van der Waals surface area contributed by atoms with Crippen molar-refractivity contribution in [3.63, 3.8) is 0 Å². The van der Waals surface area contributed by atoms with E-state index < -0.39 is 17.1 Å². The molecule has 1 atom stereocenters. The number of nitrogens with two attached hydrogens (primary N) is 1. The summed E-state index contributed by atoms with van der Waals surface area (Å²) in [5, 5.41) is 3.89. The average Bonchev–Trinajstić information content (AvgIpc) is 2.92. The van der Waals surface area contributed by atoms with E-state index in [2.05, 4.69) is 21.1 Å². The molecule has 3 N–H and O–H groups in total. The molecule has 0 spiro atoms. The van der Waals surface area contributed by atoms with Crippen LogP contribution < -0.4 is 16.3 Å². The molecule has 0 bridgehead atoms. The molecule has 3 aromatic rings. The van der Waals surface area contributed by atoms with Gasteiger partial charge in [-0.1, -0.05) is 31.2 Å². The Balaban J connectivity index is 1.59. The lowest BCUT2D eigenvalue weighted by Crippen LogP contribution is -2.48. The fourth-order valence-electron chi connectivity index (χ4n) is 5.23. The molecule has 3 heterocycles. The van der Waals surface area contributed by atoms with Crippen molar-refractivity contribution in [2.24, 2.45) is 5.73 Å². The van der Waals surface area contributed by atoms with E-state index in [0.717, 1.165) is 11.1 Å². The number of carbonyl (C=O) groups is 1. The minimum Gasteiger partial charge on any atom is -0.379 e. The fourth-order valence-corrected chi connectivity index (χ4v) is 5.23. The van der Waals surface area contributed by atoms with E-state index in [4.69, 9.17) is 10.5 Å². The van der Waals surface area contributed by atoms with Crippen molar-refractivity contribution in [2.75, 3.05) is 31.3 Å². The predicted octanol–water partition coefficient (Wildman–Crippen LogP) is 4.00. The zero-order valence-electron chi connectivity index (χ0n) is 21.4. The molecule has 2 aliphatic rings. The zero-order valence-corrected chi connectivity index (χ0v) is 21.4. The predicted molar refractivity (Wildman–Crippen MR) is 145 cm³/mol. The number of hydrogen-bond acceptors (Lipinski definition) is 6. The summed E-state index contributed by atoms with van der Waals surface area (Å²) in [6, 6.07) is 10.1. The van der Waals surface area contributed by atoms with E-state index >= 15 is 0 Å². The smallest absolute Gasteiger partial charge is 0.273 e. The highest BCUT2D eigenvalue weighted by molar-refractivity contribution is 5.94. The van der Waals surface area contributed by atoms with Crippen LogP contribution in [0.1, 0.15) is 40.4 Å². The number of H-pyrrole nitrogens is 1. The number of rotatable bonds is 6. The largest absolute Gasteiger partial charge is 0.379 e. The van der Waals surface area contributed by atoms with Crippen molar-refractivity contribution >= 4 is 23.0 Å². The number of morpholine rings is 1. The van der Waals surface area contributed by atoms with Crippen molar-refractivity contribution in [1.82, 2.24) is 15.0 Å². The highest BCUT2D eigenvalue weighted by atomic mass is 19.1. The van der Waals surface area contributed by atoms with Gasteiger partial charge in [0, 0.05) is 36.5 Å². The van der Waals surface area contributed by atoms with Gasteiger partial charge in [0.2, 0.25) is 5.91 Å². The number of hydrogen-bond donors (Lipinski definition) is 2. The summed E-state index contributed by atoms with van der Waals surface area (Å²) in [5.74, 6) is -0.539. The topological polar surface area (TPSA) is 105 Å². The lowest BCUT2D eigenvalue weighted by atomic mass is 9.72. The first kappa shape index (κ1) is 25.6. The molecular formula is C29H30FN5O3. The number of carbonyl (C=O) groups excluding carboxylic acids is 1. The standard InChI is InChI=1S/C29H30FN5O3/c1-19-23(27(31)36)15-22(30)16-24(19)29(2)8-5-6-20(17-29)21-14-25(28(37)33-18-21)35(26-7-3-4-9-32-26)34-10-12-38-13-11-34/h3-7,9,14-18H,8,10-13H2,1-2H3,(H2,31,36)(H,33,37). The van der Waals surface area contributed by atoms with Crippen molar-refractivity contribution in [3.05, 3.63) is 105 Å². The van der Waals surface area contributed by atoms with Gasteiger partial charge in [-0.25, -0.2) is 14.4 Å². The second-order valence-corrected chi connectivity index (χ2v) is 9.78. The van der Waals surface area contributed by atoms with Crippen LogP contribution in [0.3, 0.4) is 0 Å². The number of halogens is 1. The number of pyridine rings is 2. The molecule has 1 amide bonds. The minimum atomic E-state index is -0.662. The maximum Gasteiger partial charge on any atom is 0.273 e. The summed E-state index contributed by atoms with van der Waals surface area (Å²) >= 11 is 0. The van der Waals surface area contributed by atoms with Gasteiger partial charge < -0.3 is 15.5 Å². The second kappa shape index (κ2) is 10.4. The van der Waals surface area contributed by atoms with Gasteiger partial charge in [0.05, 0.1) is 13.2 Å². The third-order valence-electron chi connectivity index (χ3n) is 7.15. The number of aromatic amines is 1. The van der Waals surface area contributed by atoms with Crippen LogP contribution in [0, 0.1) is 12.7 Å². The van der Waals surface area contributed by atoms with Crippen LogP contribution in [0.15, 0.2) is 71.8 Å². The van der Waals surface area contributed by atoms with Gasteiger partial charge in [-0.05, 0) is 65.9 Å². The van der Waals surface area contributed by atoms with Crippen LogP contribution in [0.25, 0.3) is 5.57 Å². The molecule has 38 heavy (non-hydrogen) atoms. The zero-order chi connectivity index (χ0) is 26.9. The van der Waals surface area contributed by atoms with E-state index in [1.54, 1.807) is 19.3 Å². The van der Waals surface area contributed by atoms with Gasteiger partial charge >= 0.3 is 0 Å². The number of nitrogens with one attached hydrogen (secondary N) is 1. The highest BCUT2D eigenvalue weighted by Crippen LogP contribution is 2.40. The van der Waals surface area contributed by atoms with Crippen molar-refractivity contribution < 1.29 is 13.9 Å². The maximum absolute atomic E-state index is 14.5. The Kier molecular flexibility index (Phi) is 6.96. The van der Waals surface area contributed by atoms with E-state index in [0.29, 0.717) is 55.4 Å². The molecular weight excluding hydrogens is 485 g/mol. The normalized spacial score (nSPS) is 19.7. The molecule has 1 saturated heterocycles. The molecule has 8 nitrogen and oxygen atoms in total. The van der Waals surface area contributed by atoms with Gasteiger partial charge in [0.25, 0.3) is 5.56 Å². The van der Waals surface area contributed by atoms with Gasteiger partial charge in [-0.15, -0.1) is 0 Å². The molecule has 1 aromatic carbocycles. The first-order valence-corrected chi connectivity index (χ1v) is 12.5. The Bertz CT molecular complexity index is 1480. The van der Waals surface area contributed by atoms with Crippen molar-refractivity contribution in [1.29, 1.82) is 0 Å². The van der Waals surface area contributed by atoms with Crippen LogP contribution in [0.2, 0.25) is 0 Å². The van der Waals surface area contributed by atoms with Crippen LogP contribution in [0.4, 0.5) is 15.9 Å². The number of hydrazine groups is 1. The molecule has 1 aliphatic carbocycles. The highest BCUT2D eigenvalue weighted by Gasteiger charge is 2.31. The number of nitrogens with zero attached hydrogens (tertiary/aromatic N) is 3. The quantitative estimate of drug-likeness (QED) is 0.514. The summed E-state index contributed by atoms with van der Waals surface area (Å²) in [6.45, 7) is 6.12. The Morgan fingerprint density at radius 2 is 2.03 bits per heavy atom. The number of anilines is 2. The van der Waals surface area contributed by atoms with Crippen LogP contribution >= 0.6 is 0 Å². The molecule has 9 heteroatoms. The minimum absolute atomic E-state index is 0.175. The van der Waals surface area contributed by atoms with E-state index in [9.17, 15) is 14.0 Å². The van der Waals surface area contributed by atoms with Gasteiger partial charge in [-0.3, -0.25) is 14.6 Å². The van der Waals surface area contributed by atoms with Gasteiger partial charge in [0.1, 0.15) is 17.3 Å². The first-order valence-electron chi connectivity index (χ1n) is 12.5. The third-order valence-corrected chi connectivity index (χ3v) is 7.15. The molecule has 1 fully saturated rings. The number of aromatic nitrogens is 2. The lowest BCUT2D eigenvalue weighted by molar-refractivity contribution is 0.0374. The molecule has 0 saturated carbocycles. The fraction of sp³-hybridized carbons (Fsp3) is 0.276. The number of benzene rings is 1. The number of allylic oxidation sites excluding steroid dienone is 4. The van der Waals surface area contributed by atoms with E-state index in [-0.39, 0.29) is 11.1 Å². The molecule has 2 aromatic heterocycles. The van der Waals surface area contributed by atoms with E-state index in [1.807, 2.05) is 48.4 Å². The van der Waals surface area contributed by atoms with Crippen molar-refractivity contribution in [3.8, 4) is 0 Å². The molecule has 1 unspecified atom stereocenters. The number of amides is 1. The Morgan fingerprint density at radius 3 is 2.74 bits per heavy atom. The second-order valence-electron chi connectivity index (χ2n) is 9.78. The Labute approximate surface area is 220 Å². The maximum atomic E-state index is 14.5. The Morgan fingerprint density at radius 1 is 1.24 bits per heavy atom. The third kappa shape index (κ3) is 4.90. The van der Waals surface area contributed by atoms with E-state index in [1.165, 1.54) is 12.1 Å². The van der Waals surface area contributed by atoms with Crippen molar-refractivity contribution in [2.45, 2.75) is 25.7 Å². The summed E-state index contributed by atoms with van der Waals surface area (Å²) < 4.78 is 20.1. The first-order chi connectivity index (χ1) is 18.3. The SMILES string of the molecule is Cc1c(C(N)=O)cc(F)cc1C1(C)C=C(c2c[nH]c(=O)c(N(c3ccccn3)N3CCOCC3)c2)C=CC1. The number of primary amides is 1. The molecule has 0 radical (unpaired) electrons. The van der Waals surface area contributed by atoms with Gasteiger partial charge in [0.15, 0.2) is 0 Å². The molecule has 5 rings (SSSR count). The summed E-state index contributed by atoms with van der Waals surface area (Å²) in [7, 11) is 0. The summed E-state index contributed by atoms with van der Waals surface area (Å²) in [5.41, 5.74) is 8.29. The number of ether oxygens (including phenoxy) is 1.